The number of thiazole rings is 1. The van der Waals surface area contributed by atoms with Crippen LogP contribution in [-0.2, 0) is 17.9 Å². The lowest BCUT2D eigenvalue weighted by molar-refractivity contribution is -0.116. The van der Waals surface area contributed by atoms with Gasteiger partial charge in [-0.05, 0) is 44.6 Å². The molecule has 2 rings (SSSR count). The number of guanidine groups is 1. The Labute approximate surface area is 200 Å². The van der Waals surface area contributed by atoms with Gasteiger partial charge in [-0.2, -0.15) is 0 Å². The third-order valence-electron chi connectivity index (χ3n) is 4.00. The van der Waals surface area contributed by atoms with Crippen LogP contribution in [0.25, 0.3) is 0 Å². The third-order valence-corrected chi connectivity index (χ3v) is 4.87. The van der Waals surface area contributed by atoms with Crippen molar-refractivity contribution in [3.63, 3.8) is 0 Å². The first-order chi connectivity index (χ1) is 13.9. The number of likely N-dealkylation sites (N-methyl/N-ethyl adjacent to an activating group) is 1. The molecule has 1 aromatic heterocycles. The maximum absolute atomic E-state index is 11.9. The molecule has 1 aromatic carbocycles. The summed E-state index contributed by atoms with van der Waals surface area (Å²) in [6.07, 6.45) is 0. The number of aromatic nitrogens is 1. The van der Waals surface area contributed by atoms with E-state index in [9.17, 15) is 4.79 Å². The Bertz CT molecular complexity index is 821. The molecule has 0 saturated carbocycles. The molecule has 2 aromatic rings. The third kappa shape index (κ3) is 9.40. The Morgan fingerprint density at radius 1 is 1.27 bits per heavy atom. The van der Waals surface area contributed by atoms with Gasteiger partial charge in [0.05, 0.1) is 25.3 Å². The van der Waals surface area contributed by atoms with Gasteiger partial charge in [0.15, 0.2) is 5.96 Å². The number of hydrogen-bond donors (Lipinski definition) is 3. The molecule has 0 aliphatic carbocycles. The lowest BCUT2D eigenvalue weighted by Crippen LogP contribution is -2.36. The molecule has 3 N–H and O–H groups in total. The van der Waals surface area contributed by atoms with Crippen molar-refractivity contribution in [3.8, 4) is 0 Å². The maximum Gasteiger partial charge on any atom is 0.238 e. The second kappa shape index (κ2) is 13.6. The molecular weight excluding hydrogens is 511 g/mol. The first kappa shape index (κ1) is 26.3. The first-order valence-electron chi connectivity index (χ1n) is 9.87. The normalized spacial score (nSPS) is 11.4. The van der Waals surface area contributed by atoms with E-state index >= 15 is 0 Å². The SMILES string of the molecule is CCNC(=NCc1cccc(NC(=O)CN(C)C)c1)NCc1nc(C(C)C)cs1.I. The fraction of sp³-hybridized carbons (Fsp3) is 0.476. The zero-order valence-corrected chi connectivity index (χ0v) is 21.5. The standard InChI is InChI=1S/C21H32N6OS.HI/c1-6-22-21(24-12-20-26-18(14-29-20)15(2)3)23-11-16-8-7-9-17(10-16)25-19(28)13-27(4)5;/h7-10,14-15H,6,11-13H2,1-5H3,(H,25,28)(H2,22,23,24);1H. The lowest BCUT2D eigenvalue weighted by atomic mass is 10.2. The Kier molecular flexibility index (Phi) is 11.9. The number of carbonyl (C=O) groups excluding carboxylic acids is 1. The highest BCUT2D eigenvalue weighted by Gasteiger charge is 2.07. The molecule has 0 fully saturated rings. The maximum atomic E-state index is 11.9. The molecule has 0 saturated heterocycles. The number of nitrogens with one attached hydrogen (secondary N) is 3. The summed E-state index contributed by atoms with van der Waals surface area (Å²) in [6.45, 7) is 8.63. The van der Waals surface area contributed by atoms with Crippen molar-refractivity contribution in [2.75, 3.05) is 32.5 Å². The number of aliphatic imine (C=N–C) groups is 1. The van der Waals surface area contributed by atoms with Crippen molar-refractivity contribution >= 4 is 52.9 Å². The number of nitrogens with zero attached hydrogens (tertiary/aromatic N) is 3. The molecule has 0 atom stereocenters. The minimum atomic E-state index is -0.0325. The Morgan fingerprint density at radius 2 is 2.03 bits per heavy atom. The number of rotatable bonds is 9. The van der Waals surface area contributed by atoms with Gasteiger partial charge in [-0.25, -0.2) is 9.98 Å². The molecule has 1 heterocycles. The van der Waals surface area contributed by atoms with Crippen molar-refractivity contribution in [2.24, 2.45) is 4.99 Å². The zero-order valence-electron chi connectivity index (χ0n) is 18.4. The second-order valence-electron chi connectivity index (χ2n) is 7.36. The fourth-order valence-electron chi connectivity index (χ4n) is 2.58. The van der Waals surface area contributed by atoms with Crippen LogP contribution in [-0.4, -0.2) is 48.9 Å². The van der Waals surface area contributed by atoms with E-state index in [1.54, 1.807) is 11.3 Å². The molecule has 0 radical (unpaired) electrons. The van der Waals surface area contributed by atoms with Crippen LogP contribution in [0.2, 0.25) is 0 Å². The van der Waals surface area contributed by atoms with Crippen molar-refractivity contribution < 1.29 is 4.79 Å². The molecule has 0 bridgehead atoms. The summed E-state index contributed by atoms with van der Waals surface area (Å²) in [5.74, 6) is 1.15. The fourth-order valence-corrected chi connectivity index (χ4v) is 3.47. The van der Waals surface area contributed by atoms with E-state index in [1.165, 1.54) is 0 Å². The van der Waals surface area contributed by atoms with Crippen LogP contribution < -0.4 is 16.0 Å². The average molecular weight is 545 g/mol. The molecule has 30 heavy (non-hydrogen) atoms. The predicted octanol–water partition coefficient (Wildman–Crippen LogP) is 3.64. The van der Waals surface area contributed by atoms with Gasteiger partial charge < -0.3 is 20.9 Å². The van der Waals surface area contributed by atoms with Crippen LogP contribution >= 0.6 is 35.3 Å². The summed E-state index contributed by atoms with van der Waals surface area (Å²) < 4.78 is 0. The van der Waals surface area contributed by atoms with Gasteiger partial charge in [0.25, 0.3) is 0 Å². The molecule has 9 heteroatoms. The van der Waals surface area contributed by atoms with Crippen molar-refractivity contribution in [1.29, 1.82) is 0 Å². The molecule has 0 aliphatic rings. The van der Waals surface area contributed by atoms with Gasteiger partial charge in [0.1, 0.15) is 5.01 Å². The van der Waals surface area contributed by atoms with Crippen LogP contribution in [0.3, 0.4) is 0 Å². The van der Waals surface area contributed by atoms with Crippen LogP contribution in [0.4, 0.5) is 5.69 Å². The van der Waals surface area contributed by atoms with Crippen LogP contribution in [0.1, 0.15) is 43.0 Å². The number of hydrogen-bond acceptors (Lipinski definition) is 5. The summed E-state index contributed by atoms with van der Waals surface area (Å²) in [4.78, 5) is 23.1. The van der Waals surface area contributed by atoms with Crippen LogP contribution in [0.5, 0.6) is 0 Å². The molecule has 0 aliphatic heterocycles. The van der Waals surface area contributed by atoms with E-state index in [2.05, 4.69) is 45.2 Å². The molecule has 0 unspecified atom stereocenters. The molecule has 1 amide bonds. The number of halogens is 1. The van der Waals surface area contributed by atoms with Gasteiger partial charge >= 0.3 is 0 Å². The Balaban J connectivity index is 0.00000450. The summed E-state index contributed by atoms with van der Waals surface area (Å²) in [5.41, 5.74) is 2.94. The molecule has 0 spiro atoms. The highest BCUT2D eigenvalue weighted by Crippen LogP contribution is 2.17. The quantitative estimate of drug-likeness (QED) is 0.255. The van der Waals surface area contributed by atoms with Crippen molar-refractivity contribution in [3.05, 3.63) is 45.9 Å². The summed E-state index contributed by atoms with van der Waals surface area (Å²) in [5, 5.41) is 12.7. The molecule has 166 valence electrons. The largest absolute Gasteiger partial charge is 0.357 e. The van der Waals surface area contributed by atoms with Crippen LogP contribution in [0.15, 0.2) is 34.6 Å². The Morgan fingerprint density at radius 3 is 2.67 bits per heavy atom. The van der Waals surface area contributed by atoms with E-state index in [0.29, 0.717) is 25.6 Å². The number of amides is 1. The summed E-state index contributed by atoms with van der Waals surface area (Å²) in [7, 11) is 3.74. The average Bonchev–Trinajstić information content (AvgIpc) is 3.13. The zero-order chi connectivity index (χ0) is 21.2. The van der Waals surface area contributed by atoms with Crippen molar-refractivity contribution in [2.45, 2.75) is 39.8 Å². The molecule has 7 nitrogen and oxygen atoms in total. The number of carbonyl (C=O) groups is 1. The van der Waals surface area contributed by atoms with E-state index < -0.39 is 0 Å². The number of benzene rings is 1. The minimum absolute atomic E-state index is 0. The highest BCUT2D eigenvalue weighted by atomic mass is 127. The highest BCUT2D eigenvalue weighted by molar-refractivity contribution is 14.0. The van der Waals surface area contributed by atoms with Gasteiger partial charge in [-0.1, -0.05) is 26.0 Å². The van der Waals surface area contributed by atoms with Gasteiger partial charge in [-0.3, -0.25) is 4.79 Å². The monoisotopic (exact) mass is 544 g/mol. The van der Waals surface area contributed by atoms with E-state index in [1.807, 2.05) is 50.2 Å². The predicted molar refractivity (Wildman–Crippen MR) is 137 cm³/mol. The summed E-state index contributed by atoms with van der Waals surface area (Å²) >= 11 is 1.66. The smallest absolute Gasteiger partial charge is 0.238 e. The number of anilines is 1. The van der Waals surface area contributed by atoms with Crippen LogP contribution in [0, 0.1) is 0 Å². The van der Waals surface area contributed by atoms with E-state index in [-0.39, 0.29) is 29.9 Å². The topological polar surface area (TPSA) is 81.7 Å². The van der Waals surface area contributed by atoms with E-state index in [0.717, 1.165) is 34.5 Å². The first-order valence-corrected chi connectivity index (χ1v) is 10.7. The van der Waals surface area contributed by atoms with E-state index in [4.69, 9.17) is 0 Å². The summed E-state index contributed by atoms with van der Waals surface area (Å²) in [6, 6.07) is 7.78. The van der Waals surface area contributed by atoms with Gasteiger partial charge in [0.2, 0.25) is 5.91 Å². The van der Waals surface area contributed by atoms with Gasteiger partial charge in [0, 0.05) is 17.6 Å². The van der Waals surface area contributed by atoms with Crippen molar-refractivity contribution in [1.82, 2.24) is 20.5 Å². The molecular formula is C21H33IN6OS. The minimum Gasteiger partial charge on any atom is -0.357 e. The van der Waals surface area contributed by atoms with Gasteiger partial charge in [-0.15, -0.1) is 35.3 Å². The Hall–Kier alpha value is -1.72. The second-order valence-corrected chi connectivity index (χ2v) is 8.30. The lowest BCUT2D eigenvalue weighted by Gasteiger charge is -2.12.